The first-order chi connectivity index (χ1) is 7.58. The summed E-state index contributed by atoms with van der Waals surface area (Å²) < 4.78 is 5.40. The van der Waals surface area contributed by atoms with Crippen LogP contribution >= 0.6 is 11.6 Å². The number of aliphatic carboxylic acids is 1. The Morgan fingerprint density at radius 3 is 3.06 bits per heavy atom. The van der Waals surface area contributed by atoms with E-state index < -0.39 is 5.97 Å². The van der Waals surface area contributed by atoms with Crippen LogP contribution < -0.4 is 4.74 Å². The van der Waals surface area contributed by atoms with Gasteiger partial charge in [-0.15, -0.1) is 0 Å². The molecule has 1 N–H and O–H groups in total. The van der Waals surface area contributed by atoms with Crippen molar-refractivity contribution < 1.29 is 14.6 Å². The second-order valence-corrected chi connectivity index (χ2v) is 4.50. The number of carboxylic acids is 1. The SMILES string of the molecule is CC(CC(=O)O)c1cc(Cl)c2c(c1)CCO2. The van der Waals surface area contributed by atoms with Crippen LogP contribution in [0, 0.1) is 0 Å². The van der Waals surface area contributed by atoms with Gasteiger partial charge < -0.3 is 9.84 Å². The van der Waals surface area contributed by atoms with E-state index in [1.807, 2.05) is 13.0 Å². The molecule has 16 heavy (non-hydrogen) atoms. The average Bonchev–Trinajstić information content (AvgIpc) is 2.64. The van der Waals surface area contributed by atoms with E-state index in [1.165, 1.54) is 0 Å². The minimum atomic E-state index is -0.791. The third kappa shape index (κ3) is 2.14. The molecular weight excluding hydrogens is 228 g/mol. The van der Waals surface area contributed by atoms with Crippen molar-refractivity contribution in [3.63, 3.8) is 0 Å². The normalized spacial score (nSPS) is 15.4. The average molecular weight is 241 g/mol. The Morgan fingerprint density at radius 1 is 1.62 bits per heavy atom. The highest BCUT2D eigenvalue weighted by Crippen LogP contribution is 2.36. The number of hydrogen-bond donors (Lipinski definition) is 1. The molecule has 0 bridgehead atoms. The molecule has 0 radical (unpaired) electrons. The van der Waals surface area contributed by atoms with Gasteiger partial charge in [0.1, 0.15) is 5.75 Å². The van der Waals surface area contributed by atoms with Crippen molar-refractivity contribution in [2.75, 3.05) is 6.61 Å². The third-order valence-corrected chi connectivity index (χ3v) is 3.09. The van der Waals surface area contributed by atoms with Crippen molar-refractivity contribution in [1.29, 1.82) is 0 Å². The predicted molar refractivity (Wildman–Crippen MR) is 61.3 cm³/mol. The summed E-state index contributed by atoms with van der Waals surface area (Å²) in [4.78, 5) is 10.6. The van der Waals surface area contributed by atoms with Crippen LogP contribution in [0.3, 0.4) is 0 Å². The Hall–Kier alpha value is -1.22. The Kier molecular flexibility index (Phi) is 3.06. The smallest absolute Gasteiger partial charge is 0.303 e. The van der Waals surface area contributed by atoms with Gasteiger partial charge in [-0.3, -0.25) is 4.79 Å². The predicted octanol–water partition coefficient (Wildman–Crippen LogP) is 2.85. The van der Waals surface area contributed by atoms with Gasteiger partial charge in [0.25, 0.3) is 0 Å². The van der Waals surface area contributed by atoms with Crippen molar-refractivity contribution in [2.45, 2.75) is 25.7 Å². The van der Waals surface area contributed by atoms with E-state index in [0.29, 0.717) is 11.6 Å². The molecule has 1 aliphatic rings. The topological polar surface area (TPSA) is 46.5 Å². The summed E-state index contributed by atoms with van der Waals surface area (Å²) in [5.41, 5.74) is 2.05. The zero-order valence-electron chi connectivity index (χ0n) is 9.00. The maximum absolute atomic E-state index is 10.6. The standard InChI is InChI=1S/C12H13ClO3/c1-7(4-11(14)15)9-5-8-2-3-16-12(8)10(13)6-9/h5-7H,2-4H2,1H3,(H,14,15). The van der Waals surface area contributed by atoms with Gasteiger partial charge in [-0.1, -0.05) is 24.6 Å². The van der Waals surface area contributed by atoms with Crippen LogP contribution in [0.15, 0.2) is 12.1 Å². The van der Waals surface area contributed by atoms with E-state index in [4.69, 9.17) is 21.4 Å². The van der Waals surface area contributed by atoms with Gasteiger partial charge in [0.15, 0.2) is 0 Å². The van der Waals surface area contributed by atoms with Gasteiger partial charge in [0.05, 0.1) is 18.1 Å². The van der Waals surface area contributed by atoms with Crippen LogP contribution in [0.25, 0.3) is 0 Å². The number of carboxylic acid groups (broad SMARTS) is 1. The molecular formula is C12H13ClO3. The first-order valence-electron chi connectivity index (χ1n) is 5.25. The summed E-state index contributed by atoms with van der Waals surface area (Å²) in [5, 5.41) is 9.34. The molecule has 0 saturated heterocycles. The van der Waals surface area contributed by atoms with Gasteiger partial charge >= 0.3 is 5.97 Å². The highest BCUT2D eigenvalue weighted by atomic mass is 35.5. The molecule has 0 saturated carbocycles. The molecule has 1 aromatic rings. The lowest BCUT2D eigenvalue weighted by molar-refractivity contribution is -0.137. The summed E-state index contributed by atoms with van der Waals surface area (Å²) in [7, 11) is 0. The summed E-state index contributed by atoms with van der Waals surface area (Å²) in [6, 6.07) is 3.81. The highest BCUT2D eigenvalue weighted by Gasteiger charge is 2.19. The van der Waals surface area contributed by atoms with Crippen molar-refractivity contribution in [2.24, 2.45) is 0 Å². The first kappa shape index (κ1) is 11.3. The number of ether oxygens (including phenoxy) is 1. The number of rotatable bonds is 3. The van der Waals surface area contributed by atoms with Crippen molar-refractivity contribution in [3.05, 3.63) is 28.3 Å². The lowest BCUT2D eigenvalue weighted by Crippen LogP contribution is -2.03. The maximum Gasteiger partial charge on any atom is 0.303 e. The summed E-state index contributed by atoms with van der Waals surface area (Å²) in [5.74, 6) is -0.0609. The zero-order valence-corrected chi connectivity index (χ0v) is 9.75. The van der Waals surface area contributed by atoms with E-state index in [0.717, 1.165) is 23.3 Å². The fraction of sp³-hybridized carbons (Fsp3) is 0.417. The fourth-order valence-corrected chi connectivity index (χ4v) is 2.25. The second-order valence-electron chi connectivity index (χ2n) is 4.09. The van der Waals surface area contributed by atoms with Crippen LogP contribution in [-0.2, 0) is 11.2 Å². The molecule has 1 unspecified atom stereocenters. The second kappa shape index (κ2) is 4.34. The summed E-state index contributed by atoms with van der Waals surface area (Å²) in [6.45, 7) is 2.55. The molecule has 0 aromatic heterocycles. The van der Waals surface area contributed by atoms with Crippen molar-refractivity contribution in [1.82, 2.24) is 0 Å². The fourth-order valence-electron chi connectivity index (χ4n) is 1.95. The van der Waals surface area contributed by atoms with Crippen LogP contribution in [0.2, 0.25) is 5.02 Å². The Bertz CT molecular complexity index is 429. The number of carbonyl (C=O) groups is 1. The quantitative estimate of drug-likeness (QED) is 0.884. The van der Waals surface area contributed by atoms with Crippen molar-refractivity contribution in [3.8, 4) is 5.75 Å². The third-order valence-electron chi connectivity index (χ3n) is 2.81. The van der Waals surface area contributed by atoms with E-state index in [9.17, 15) is 4.79 Å². The monoisotopic (exact) mass is 240 g/mol. The molecule has 2 rings (SSSR count). The maximum atomic E-state index is 10.6. The van der Waals surface area contributed by atoms with Gasteiger partial charge in [-0.05, 0) is 23.1 Å². The molecule has 1 atom stereocenters. The molecule has 4 heteroatoms. The molecule has 0 spiro atoms. The van der Waals surface area contributed by atoms with E-state index in [-0.39, 0.29) is 12.3 Å². The van der Waals surface area contributed by atoms with Crippen molar-refractivity contribution >= 4 is 17.6 Å². The highest BCUT2D eigenvalue weighted by molar-refractivity contribution is 6.32. The lowest BCUT2D eigenvalue weighted by atomic mass is 9.95. The largest absolute Gasteiger partial charge is 0.491 e. The van der Waals surface area contributed by atoms with E-state index >= 15 is 0 Å². The van der Waals surface area contributed by atoms with Gasteiger partial charge in [0.2, 0.25) is 0 Å². The molecule has 0 fully saturated rings. The molecule has 1 aliphatic heterocycles. The number of benzene rings is 1. The summed E-state index contributed by atoms with van der Waals surface area (Å²) >= 11 is 6.08. The minimum absolute atomic E-state index is 0.0269. The van der Waals surface area contributed by atoms with Crippen LogP contribution in [-0.4, -0.2) is 17.7 Å². The molecule has 1 aromatic carbocycles. The number of halogens is 1. The molecule has 0 aliphatic carbocycles. The van der Waals surface area contributed by atoms with Crippen LogP contribution in [0.1, 0.15) is 30.4 Å². The Labute approximate surface area is 99.0 Å². The van der Waals surface area contributed by atoms with E-state index in [2.05, 4.69) is 0 Å². The number of fused-ring (bicyclic) bond motifs is 1. The van der Waals surface area contributed by atoms with Gasteiger partial charge in [-0.2, -0.15) is 0 Å². The molecule has 86 valence electrons. The Balaban J connectivity index is 2.29. The lowest BCUT2D eigenvalue weighted by Gasteiger charge is -2.11. The minimum Gasteiger partial charge on any atom is -0.491 e. The zero-order chi connectivity index (χ0) is 11.7. The van der Waals surface area contributed by atoms with E-state index in [1.54, 1.807) is 6.07 Å². The van der Waals surface area contributed by atoms with Crippen LogP contribution in [0.5, 0.6) is 5.75 Å². The van der Waals surface area contributed by atoms with Gasteiger partial charge in [0, 0.05) is 6.42 Å². The van der Waals surface area contributed by atoms with Gasteiger partial charge in [-0.25, -0.2) is 0 Å². The molecule has 1 heterocycles. The number of hydrogen-bond acceptors (Lipinski definition) is 2. The van der Waals surface area contributed by atoms with Crippen LogP contribution in [0.4, 0.5) is 0 Å². The summed E-state index contributed by atoms with van der Waals surface area (Å²) in [6.07, 6.45) is 0.971. The first-order valence-corrected chi connectivity index (χ1v) is 5.62. The molecule has 3 nitrogen and oxygen atoms in total. The Morgan fingerprint density at radius 2 is 2.38 bits per heavy atom. The molecule has 0 amide bonds.